The van der Waals surface area contributed by atoms with E-state index in [0.717, 1.165) is 40.7 Å². The number of benzene rings is 1. The highest BCUT2D eigenvalue weighted by molar-refractivity contribution is 5.90. The second-order valence-electron chi connectivity index (χ2n) is 9.22. The second kappa shape index (κ2) is 14.4. The molecule has 6 nitrogen and oxygen atoms in total. The number of nitrogens with one attached hydrogen (secondary N) is 2. The Kier molecular flexibility index (Phi) is 12.4. The molecule has 0 aliphatic carbocycles. The summed E-state index contributed by atoms with van der Waals surface area (Å²) in [6.07, 6.45) is 4.65. The highest BCUT2D eigenvalue weighted by Gasteiger charge is 2.11. The quantitative estimate of drug-likeness (QED) is 0.444. The van der Waals surface area contributed by atoms with Gasteiger partial charge in [-0.15, -0.1) is 0 Å². The van der Waals surface area contributed by atoms with Crippen LogP contribution in [0.3, 0.4) is 0 Å². The lowest BCUT2D eigenvalue weighted by molar-refractivity contribution is 0.397. The second-order valence-corrected chi connectivity index (χ2v) is 9.22. The first-order chi connectivity index (χ1) is 15.6. The Morgan fingerprint density at radius 2 is 1.79 bits per heavy atom. The molecule has 0 aliphatic heterocycles. The van der Waals surface area contributed by atoms with Gasteiger partial charge in [0, 0.05) is 18.4 Å². The van der Waals surface area contributed by atoms with Crippen molar-refractivity contribution >= 4 is 28.6 Å². The summed E-state index contributed by atoms with van der Waals surface area (Å²) >= 11 is 0. The van der Waals surface area contributed by atoms with Crippen LogP contribution < -0.4 is 10.6 Å². The molecule has 2 heterocycles. The molecule has 2 aromatic heterocycles. The first-order valence-electron chi connectivity index (χ1n) is 11.7. The van der Waals surface area contributed by atoms with Crippen LogP contribution in [0.15, 0.2) is 37.2 Å². The minimum atomic E-state index is 0.808. The molecule has 2 N–H and O–H groups in total. The summed E-state index contributed by atoms with van der Waals surface area (Å²) in [5, 5.41) is 6.51. The normalized spacial score (nSPS) is 10.5. The molecule has 0 fully saturated rings. The van der Waals surface area contributed by atoms with Gasteiger partial charge in [0.1, 0.15) is 11.8 Å². The number of aromatic nitrogens is 3. The van der Waals surface area contributed by atoms with E-state index in [-0.39, 0.29) is 0 Å². The largest absolute Gasteiger partial charge is 0.340 e. The van der Waals surface area contributed by atoms with Gasteiger partial charge in [0.25, 0.3) is 0 Å². The first-order valence-corrected chi connectivity index (χ1v) is 11.7. The minimum absolute atomic E-state index is 0.808. The molecule has 6 heteroatoms. The van der Waals surface area contributed by atoms with Crippen LogP contribution in [-0.2, 0) is 7.05 Å². The molecular formula is C27H44N6. The summed E-state index contributed by atoms with van der Waals surface area (Å²) in [5.74, 6) is 1.64. The van der Waals surface area contributed by atoms with Crippen LogP contribution >= 0.6 is 0 Å². The Balaban J connectivity index is 0.000000380. The average molecular weight is 453 g/mol. The summed E-state index contributed by atoms with van der Waals surface area (Å²) in [7, 11) is 8.16. The summed E-state index contributed by atoms with van der Waals surface area (Å²) < 4.78 is 2.05. The maximum absolute atomic E-state index is 4.40. The minimum Gasteiger partial charge on any atom is -0.340 e. The van der Waals surface area contributed by atoms with E-state index in [1.807, 2.05) is 30.8 Å². The predicted molar refractivity (Wildman–Crippen MR) is 145 cm³/mol. The maximum Gasteiger partial charge on any atom is 0.158 e. The van der Waals surface area contributed by atoms with Gasteiger partial charge in [0.05, 0.1) is 5.52 Å². The van der Waals surface area contributed by atoms with Crippen molar-refractivity contribution in [2.45, 2.75) is 41.0 Å². The molecule has 3 rings (SSSR count). The molecule has 0 radical (unpaired) electrons. The van der Waals surface area contributed by atoms with Crippen molar-refractivity contribution in [2.75, 3.05) is 39.5 Å². The van der Waals surface area contributed by atoms with Crippen LogP contribution in [0.4, 0.5) is 11.5 Å². The molecule has 0 spiro atoms. The molecule has 0 amide bonds. The van der Waals surface area contributed by atoms with Crippen molar-refractivity contribution in [3.05, 3.63) is 54.0 Å². The van der Waals surface area contributed by atoms with Gasteiger partial charge in [-0.1, -0.05) is 45.0 Å². The lowest BCUT2D eigenvalue weighted by atomic mass is 10.1. The van der Waals surface area contributed by atoms with Crippen molar-refractivity contribution in [1.29, 1.82) is 0 Å². The van der Waals surface area contributed by atoms with Gasteiger partial charge in [-0.2, -0.15) is 0 Å². The standard InChI is InChI=1S/C17H18N4.C6H16N2.C4H10/c1-5-13-9-15-16(21(13)4)17(19-10-18-15)20-14-7-6-11(2)8-12(14)3;1-7-5-4-6-8(2)3;1-4(2)3/h5-10H,1H2,2-4H3,(H,18,19,20);7H,4-6H2,1-3H3;4H,1-3H3. The Hall–Kier alpha value is -2.70. The lowest BCUT2D eigenvalue weighted by Crippen LogP contribution is -2.18. The molecule has 0 bridgehead atoms. The van der Waals surface area contributed by atoms with Gasteiger partial charge in [0.2, 0.25) is 0 Å². The lowest BCUT2D eigenvalue weighted by Gasteiger charge is -2.11. The Morgan fingerprint density at radius 1 is 1.12 bits per heavy atom. The van der Waals surface area contributed by atoms with Gasteiger partial charge >= 0.3 is 0 Å². The van der Waals surface area contributed by atoms with Crippen LogP contribution in [0.25, 0.3) is 17.1 Å². The monoisotopic (exact) mass is 452 g/mol. The Labute approximate surface area is 201 Å². The van der Waals surface area contributed by atoms with Crippen molar-refractivity contribution in [3.8, 4) is 0 Å². The molecular weight excluding hydrogens is 408 g/mol. The summed E-state index contributed by atoms with van der Waals surface area (Å²) in [5.41, 5.74) is 6.41. The highest BCUT2D eigenvalue weighted by Crippen LogP contribution is 2.27. The highest BCUT2D eigenvalue weighted by atomic mass is 15.1. The topological polar surface area (TPSA) is 58.0 Å². The number of rotatable bonds is 7. The van der Waals surface area contributed by atoms with E-state index >= 15 is 0 Å². The van der Waals surface area contributed by atoms with E-state index in [2.05, 4.69) is 99.0 Å². The van der Waals surface area contributed by atoms with Crippen LogP contribution in [0.1, 0.15) is 44.0 Å². The molecule has 0 saturated carbocycles. The zero-order valence-electron chi connectivity index (χ0n) is 22.2. The van der Waals surface area contributed by atoms with Gasteiger partial charge < -0.3 is 20.1 Å². The fraction of sp³-hybridized carbons (Fsp3) is 0.481. The number of aryl methyl sites for hydroxylation is 3. The van der Waals surface area contributed by atoms with Gasteiger partial charge in [-0.05, 0) is 84.2 Å². The van der Waals surface area contributed by atoms with Crippen LogP contribution in [0.2, 0.25) is 0 Å². The Bertz CT molecular complexity index is 985. The molecule has 0 saturated heterocycles. The van der Waals surface area contributed by atoms with E-state index in [1.54, 1.807) is 6.33 Å². The maximum atomic E-state index is 4.40. The fourth-order valence-electron chi connectivity index (χ4n) is 3.14. The van der Waals surface area contributed by atoms with Crippen molar-refractivity contribution in [1.82, 2.24) is 24.8 Å². The number of hydrogen-bond acceptors (Lipinski definition) is 5. The SMILES string of the molecule is C=Cc1cc2ncnc(Nc3ccc(C)cc3C)c2n1C.CC(C)C.CNCCCN(C)C. The smallest absolute Gasteiger partial charge is 0.158 e. The molecule has 1 aromatic carbocycles. The Morgan fingerprint density at radius 3 is 2.33 bits per heavy atom. The molecule has 33 heavy (non-hydrogen) atoms. The van der Waals surface area contributed by atoms with E-state index in [0.29, 0.717) is 0 Å². The molecule has 182 valence electrons. The van der Waals surface area contributed by atoms with Gasteiger partial charge in [-0.25, -0.2) is 9.97 Å². The number of nitrogens with zero attached hydrogens (tertiary/aromatic N) is 4. The summed E-state index contributed by atoms with van der Waals surface area (Å²) in [6.45, 7) is 16.8. The number of hydrogen-bond donors (Lipinski definition) is 2. The average Bonchev–Trinajstić information content (AvgIpc) is 3.07. The van der Waals surface area contributed by atoms with Crippen LogP contribution in [0, 0.1) is 19.8 Å². The molecule has 0 aliphatic rings. The van der Waals surface area contributed by atoms with E-state index in [9.17, 15) is 0 Å². The predicted octanol–water partition coefficient (Wildman–Crippen LogP) is 5.79. The van der Waals surface area contributed by atoms with Gasteiger partial charge in [-0.3, -0.25) is 0 Å². The fourth-order valence-corrected chi connectivity index (χ4v) is 3.14. The first kappa shape index (κ1) is 28.3. The van der Waals surface area contributed by atoms with E-state index in [4.69, 9.17) is 0 Å². The van der Waals surface area contributed by atoms with Gasteiger partial charge in [0.15, 0.2) is 5.82 Å². The van der Waals surface area contributed by atoms with E-state index < -0.39 is 0 Å². The molecule has 3 aromatic rings. The summed E-state index contributed by atoms with van der Waals surface area (Å²) in [4.78, 5) is 10.9. The third-order valence-electron chi connectivity index (χ3n) is 4.73. The molecule has 0 atom stereocenters. The van der Waals surface area contributed by atoms with Crippen molar-refractivity contribution in [2.24, 2.45) is 13.0 Å². The summed E-state index contributed by atoms with van der Waals surface area (Å²) in [6, 6.07) is 8.34. The molecule has 0 unspecified atom stereocenters. The number of anilines is 2. The van der Waals surface area contributed by atoms with Crippen LogP contribution in [-0.4, -0.2) is 53.7 Å². The van der Waals surface area contributed by atoms with Crippen molar-refractivity contribution in [3.63, 3.8) is 0 Å². The number of fused-ring (bicyclic) bond motifs is 1. The zero-order chi connectivity index (χ0) is 25.0. The third-order valence-corrected chi connectivity index (χ3v) is 4.73. The van der Waals surface area contributed by atoms with Crippen molar-refractivity contribution < 1.29 is 0 Å². The van der Waals surface area contributed by atoms with Crippen LogP contribution in [0.5, 0.6) is 0 Å². The zero-order valence-corrected chi connectivity index (χ0v) is 22.2. The third kappa shape index (κ3) is 9.76. The van der Waals surface area contributed by atoms with E-state index in [1.165, 1.54) is 24.1 Å².